The molecule has 0 aliphatic carbocycles. The Morgan fingerprint density at radius 1 is 1.33 bits per heavy atom. The van der Waals surface area contributed by atoms with E-state index in [-0.39, 0.29) is 5.91 Å². The highest BCUT2D eigenvalue weighted by molar-refractivity contribution is 6.04. The lowest BCUT2D eigenvalue weighted by atomic mass is 10.1. The average Bonchev–Trinajstić information content (AvgIpc) is 3.06. The Morgan fingerprint density at radius 3 is 3.05 bits per heavy atom. The molecule has 2 aliphatic heterocycles. The van der Waals surface area contributed by atoms with Crippen molar-refractivity contribution in [1.82, 2.24) is 9.55 Å². The summed E-state index contributed by atoms with van der Waals surface area (Å²) in [5, 5.41) is 0. The van der Waals surface area contributed by atoms with Crippen LogP contribution in [0, 0.1) is 0 Å². The normalized spacial score (nSPS) is 20.7. The van der Waals surface area contributed by atoms with E-state index in [1.807, 2.05) is 24.5 Å². The molecule has 6 nitrogen and oxygen atoms in total. The van der Waals surface area contributed by atoms with Crippen LogP contribution >= 0.6 is 0 Å². The first-order chi connectivity index (χ1) is 10.1. The van der Waals surface area contributed by atoms with Gasteiger partial charge in [-0.1, -0.05) is 6.07 Å². The largest absolute Gasteiger partial charge is 0.362 e. The maximum absolute atomic E-state index is 12.0. The highest BCUT2D eigenvalue weighted by Crippen LogP contribution is 2.36. The molecule has 0 fully saturated rings. The summed E-state index contributed by atoms with van der Waals surface area (Å²) < 4.78 is 2.18. The van der Waals surface area contributed by atoms with Crippen molar-refractivity contribution in [3.05, 3.63) is 42.0 Å². The van der Waals surface area contributed by atoms with Crippen LogP contribution in [-0.4, -0.2) is 29.1 Å². The predicted octanol–water partition coefficient (Wildman–Crippen LogP) is 0.879. The van der Waals surface area contributed by atoms with Crippen LogP contribution < -0.4 is 15.5 Å². The van der Waals surface area contributed by atoms with Crippen LogP contribution in [-0.2, 0) is 17.9 Å². The maximum Gasteiger partial charge on any atom is 0.248 e. The third-order valence-electron chi connectivity index (χ3n) is 4.42. The smallest absolute Gasteiger partial charge is 0.248 e. The molecule has 1 atom stereocenters. The summed E-state index contributed by atoms with van der Waals surface area (Å²) in [7, 11) is 1.78. The number of benzene rings is 1. The van der Waals surface area contributed by atoms with Crippen LogP contribution in [0.25, 0.3) is 0 Å². The summed E-state index contributed by atoms with van der Waals surface area (Å²) in [4.78, 5) is 20.3. The number of nitrogens with two attached hydrogens (primary N) is 1. The molecule has 108 valence electrons. The summed E-state index contributed by atoms with van der Waals surface area (Å²) >= 11 is 0. The molecule has 1 unspecified atom stereocenters. The molecule has 1 aromatic carbocycles. The average molecular weight is 283 g/mol. The van der Waals surface area contributed by atoms with E-state index in [9.17, 15) is 4.79 Å². The highest BCUT2D eigenvalue weighted by Gasteiger charge is 2.32. The molecular formula is C15H17N5O. The van der Waals surface area contributed by atoms with Crippen molar-refractivity contribution < 1.29 is 4.79 Å². The van der Waals surface area contributed by atoms with Crippen molar-refractivity contribution in [1.29, 1.82) is 0 Å². The lowest BCUT2D eigenvalue weighted by Crippen LogP contribution is -2.33. The number of carbonyl (C=O) groups excluding carboxylic acids is 1. The van der Waals surface area contributed by atoms with Crippen LogP contribution in [0.15, 0.2) is 30.6 Å². The molecule has 0 spiro atoms. The second-order valence-corrected chi connectivity index (χ2v) is 5.58. The Morgan fingerprint density at radius 2 is 2.19 bits per heavy atom. The predicted molar refractivity (Wildman–Crippen MR) is 80.1 cm³/mol. The topological polar surface area (TPSA) is 67.4 Å². The SMILES string of the molecule is CN1C(=O)C(N)c2ccc(N3CCn4ccnc4C3)cc21. The van der Waals surface area contributed by atoms with Crippen molar-refractivity contribution in [3.8, 4) is 0 Å². The first kappa shape index (κ1) is 12.4. The van der Waals surface area contributed by atoms with Gasteiger partial charge in [0.25, 0.3) is 0 Å². The number of carbonyl (C=O) groups is 1. The number of likely N-dealkylation sites (N-methyl/N-ethyl adjacent to an activating group) is 1. The number of fused-ring (bicyclic) bond motifs is 2. The summed E-state index contributed by atoms with van der Waals surface area (Å²) in [6.45, 7) is 2.65. The Hall–Kier alpha value is -2.34. The number of hydrogen-bond donors (Lipinski definition) is 1. The van der Waals surface area contributed by atoms with Crippen LogP contribution in [0.2, 0.25) is 0 Å². The van der Waals surface area contributed by atoms with Gasteiger partial charge in [-0.05, 0) is 12.1 Å². The number of rotatable bonds is 1. The first-order valence-electron chi connectivity index (χ1n) is 7.07. The van der Waals surface area contributed by atoms with Gasteiger partial charge in [-0.25, -0.2) is 4.98 Å². The van der Waals surface area contributed by atoms with E-state index in [2.05, 4.69) is 20.5 Å². The van der Waals surface area contributed by atoms with Crippen molar-refractivity contribution in [3.63, 3.8) is 0 Å². The van der Waals surface area contributed by atoms with Gasteiger partial charge in [0.1, 0.15) is 11.9 Å². The van der Waals surface area contributed by atoms with Gasteiger partial charge in [-0.3, -0.25) is 4.79 Å². The van der Waals surface area contributed by atoms with E-state index in [1.165, 1.54) is 0 Å². The summed E-state index contributed by atoms with van der Waals surface area (Å²) in [6, 6.07) is 5.54. The number of hydrogen-bond acceptors (Lipinski definition) is 4. The van der Waals surface area contributed by atoms with Crippen molar-refractivity contribution in [2.24, 2.45) is 5.73 Å². The van der Waals surface area contributed by atoms with Crippen molar-refractivity contribution >= 4 is 17.3 Å². The molecule has 0 saturated carbocycles. The Labute approximate surface area is 122 Å². The molecule has 3 heterocycles. The third kappa shape index (κ3) is 1.76. The van der Waals surface area contributed by atoms with Crippen LogP contribution in [0.4, 0.5) is 11.4 Å². The Balaban J connectivity index is 1.68. The van der Waals surface area contributed by atoms with Crippen LogP contribution in [0.5, 0.6) is 0 Å². The molecular weight excluding hydrogens is 266 g/mol. The van der Waals surface area contributed by atoms with Gasteiger partial charge in [-0.15, -0.1) is 0 Å². The van der Waals surface area contributed by atoms with Crippen LogP contribution in [0.3, 0.4) is 0 Å². The molecule has 0 saturated heterocycles. The lowest BCUT2D eigenvalue weighted by Gasteiger charge is -2.30. The first-order valence-corrected chi connectivity index (χ1v) is 7.07. The molecule has 21 heavy (non-hydrogen) atoms. The second-order valence-electron chi connectivity index (χ2n) is 5.58. The van der Waals surface area contributed by atoms with E-state index >= 15 is 0 Å². The van der Waals surface area contributed by atoms with Crippen LogP contribution in [0.1, 0.15) is 17.4 Å². The molecule has 2 aliphatic rings. The summed E-state index contributed by atoms with van der Waals surface area (Å²) in [6.07, 6.45) is 3.85. The van der Waals surface area contributed by atoms with E-state index in [0.29, 0.717) is 0 Å². The fourth-order valence-electron chi connectivity index (χ4n) is 3.14. The maximum atomic E-state index is 12.0. The second kappa shape index (κ2) is 4.33. The van der Waals surface area contributed by atoms with Gasteiger partial charge in [0.05, 0.1) is 12.2 Å². The number of anilines is 2. The van der Waals surface area contributed by atoms with Gasteiger partial charge in [-0.2, -0.15) is 0 Å². The molecule has 2 N–H and O–H groups in total. The number of amides is 1. The lowest BCUT2D eigenvalue weighted by molar-refractivity contribution is -0.118. The van der Waals surface area contributed by atoms with Gasteiger partial charge in [0.2, 0.25) is 5.91 Å². The zero-order chi connectivity index (χ0) is 14.6. The molecule has 1 amide bonds. The standard InChI is InChI=1S/C15H17N5O/c1-18-12-8-10(2-3-11(12)14(16)15(18)21)20-7-6-19-5-4-17-13(19)9-20/h2-5,8,14H,6-7,9,16H2,1H3. The minimum atomic E-state index is -0.528. The minimum absolute atomic E-state index is 0.0451. The van der Waals surface area contributed by atoms with Crippen molar-refractivity contribution in [2.45, 2.75) is 19.1 Å². The van der Waals surface area contributed by atoms with Gasteiger partial charge in [0, 0.05) is 43.8 Å². The van der Waals surface area contributed by atoms with Gasteiger partial charge < -0.3 is 20.1 Å². The molecule has 2 aromatic rings. The highest BCUT2D eigenvalue weighted by atomic mass is 16.2. The molecule has 4 rings (SSSR count). The number of imidazole rings is 1. The fraction of sp³-hybridized carbons (Fsp3) is 0.333. The van der Waals surface area contributed by atoms with E-state index in [4.69, 9.17) is 5.73 Å². The van der Waals surface area contributed by atoms with E-state index < -0.39 is 6.04 Å². The number of aromatic nitrogens is 2. The fourth-order valence-corrected chi connectivity index (χ4v) is 3.14. The Kier molecular flexibility index (Phi) is 2.56. The van der Waals surface area contributed by atoms with Crippen molar-refractivity contribution in [2.75, 3.05) is 23.4 Å². The monoisotopic (exact) mass is 283 g/mol. The Bertz CT molecular complexity index is 723. The third-order valence-corrected chi connectivity index (χ3v) is 4.42. The number of nitrogens with zero attached hydrogens (tertiary/aromatic N) is 4. The van der Waals surface area contributed by atoms with E-state index in [0.717, 1.165) is 42.4 Å². The van der Waals surface area contributed by atoms with Gasteiger partial charge >= 0.3 is 0 Å². The summed E-state index contributed by atoms with van der Waals surface area (Å²) in [5.41, 5.74) is 8.87. The van der Waals surface area contributed by atoms with E-state index in [1.54, 1.807) is 11.9 Å². The zero-order valence-electron chi connectivity index (χ0n) is 11.9. The van der Waals surface area contributed by atoms with Gasteiger partial charge in [0.15, 0.2) is 0 Å². The zero-order valence-corrected chi connectivity index (χ0v) is 11.9. The summed E-state index contributed by atoms with van der Waals surface area (Å²) in [5.74, 6) is 1.03. The quantitative estimate of drug-likeness (QED) is 0.843. The molecule has 0 radical (unpaired) electrons. The minimum Gasteiger partial charge on any atom is -0.362 e. The molecule has 1 aromatic heterocycles. The molecule has 6 heteroatoms. The molecule has 0 bridgehead atoms.